The van der Waals surface area contributed by atoms with Crippen LogP contribution in [0.2, 0.25) is 0 Å². The molecule has 0 spiro atoms. The van der Waals surface area contributed by atoms with Crippen molar-refractivity contribution in [2.75, 3.05) is 11.9 Å². The molecule has 1 aromatic heterocycles. The quantitative estimate of drug-likeness (QED) is 0.672. The molecule has 20 heavy (non-hydrogen) atoms. The average Bonchev–Trinajstić information content (AvgIpc) is 3.07. The summed E-state index contributed by atoms with van der Waals surface area (Å²) in [5, 5.41) is 22.9. The van der Waals surface area contributed by atoms with Crippen molar-refractivity contribution in [2.24, 2.45) is 17.8 Å². The Bertz CT molecular complexity index is 581. The number of rotatable bonds is 4. The van der Waals surface area contributed by atoms with E-state index in [1.165, 1.54) is 37.9 Å². The maximum atomic E-state index is 11.0. The molecule has 2 aliphatic rings. The zero-order valence-electron chi connectivity index (χ0n) is 11.1. The van der Waals surface area contributed by atoms with Crippen molar-refractivity contribution in [3.63, 3.8) is 0 Å². The zero-order valence-corrected chi connectivity index (χ0v) is 11.1. The average molecular weight is 272 g/mol. The van der Waals surface area contributed by atoms with Crippen molar-refractivity contribution in [2.45, 2.75) is 25.7 Å². The van der Waals surface area contributed by atoms with Crippen LogP contribution in [0.3, 0.4) is 0 Å². The molecular weight excluding hydrogens is 256 g/mol. The van der Waals surface area contributed by atoms with E-state index >= 15 is 0 Å². The molecule has 3 atom stereocenters. The van der Waals surface area contributed by atoms with Crippen molar-refractivity contribution < 1.29 is 4.92 Å². The summed E-state index contributed by atoms with van der Waals surface area (Å²) in [6, 6.07) is 3.15. The highest BCUT2D eigenvalue weighted by molar-refractivity contribution is 5.58. The van der Waals surface area contributed by atoms with Gasteiger partial charge in [0.05, 0.1) is 10.5 Å². The van der Waals surface area contributed by atoms with E-state index in [0.29, 0.717) is 5.92 Å². The fourth-order valence-electron chi connectivity index (χ4n) is 3.64. The van der Waals surface area contributed by atoms with E-state index in [1.54, 1.807) is 0 Å². The van der Waals surface area contributed by atoms with Gasteiger partial charge < -0.3 is 5.32 Å². The van der Waals surface area contributed by atoms with Gasteiger partial charge in [0.15, 0.2) is 0 Å². The first kappa shape index (κ1) is 12.9. The van der Waals surface area contributed by atoms with Crippen LogP contribution in [0, 0.1) is 39.2 Å². The second kappa shape index (κ2) is 5.08. The van der Waals surface area contributed by atoms with Gasteiger partial charge in [0.25, 0.3) is 0 Å². The van der Waals surface area contributed by atoms with Crippen LogP contribution in [0.15, 0.2) is 12.3 Å². The predicted molar refractivity (Wildman–Crippen MR) is 73.0 cm³/mol. The predicted octanol–water partition coefficient (Wildman–Crippen LogP) is 2.71. The number of nitro groups is 1. The van der Waals surface area contributed by atoms with E-state index in [9.17, 15) is 10.1 Å². The van der Waals surface area contributed by atoms with Crippen molar-refractivity contribution in [3.05, 3.63) is 27.9 Å². The lowest BCUT2D eigenvalue weighted by Gasteiger charge is -2.21. The van der Waals surface area contributed by atoms with E-state index < -0.39 is 4.92 Å². The number of nitriles is 1. The van der Waals surface area contributed by atoms with Gasteiger partial charge >= 0.3 is 5.69 Å². The highest BCUT2D eigenvalue weighted by Gasteiger charge is 2.39. The molecule has 0 saturated heterocycles. The van der Waals surface area contributed by atoms with Gasteiger partial charge in [0.2, 0.25) is 5.82 Å². The minimum Gasteiger partial charge on any atom is -0.364 e. The highest BCUT2D eigenvalue weighted by atomic mass is 16.6. The number of hydrogen-bond donors (Lipinski definition) is 1. The van der Waals surface area contributed by atoms with Crippen LogP contribution in [-0.2, 0) is 0 Å². The molecule has 1 heterocycles. The number of nitrogens with one attached hydrogen (secondary N) is 1. The van der Waals surface area contributed by atoms with Gasteiger partial charge in [-0.1, -0.05) is 6.42 Å². The van der Waals surface area contributed by atoms with Crippen LogP contribution in [0.4, 0.5) is 11.5 Å². The molecule has 0 radical (unpaired) electrons. The summed E-state index contributed by atoms with van der Waals surface area (Å²) in [4.78, 5) is 14.6. The Morgan fingerprint density at radius 1 is 1.50 bits per heavy atom. The first-order valence-corrected chi connectivity index (χ1v) is 6.95. The molecule has 0 aliphatic heterocycles. The first-order chi connectivity index (χ1) is 9.67. The van der Waals surface area contributed by atoms with Crippen molar-refractivity contribution in [3.8, 4) is 6.07 Å². The zero-order chi connectivity index (χ0) is 14.1. The monoisotopic (exact) mass is 272 g/mol. The number of anilines is 1. The molecule has 3 rings (SSSR count). The van der Waals surface area contributed by atoms with Gasteiger partial charge in [0.1, 0.15) is 6.07 Å². The number of fused-ring (bicyclic) bond motifs is 2. The van der Waals surface area contributed by atoms with Gasteiger partial charge in [-0.2, -0.15) is 5.26 Å². The third kappa shape index (κ3) is 2.31. The van der Waals surface area contributed by atoms with Gasteiger partial charge in [-0.15, -0.1) is 0 Å². The van der Waals surface area contributed by atoms with Crippen LogP contribution in [0.25, 0.3) is 0 Å². The molecule has 1 aromatic rings. The second-order valence-corrected chi connectivity index (χ2v) is 5.78. The standard InChI is InChI=1S/C14H16N4O2/c15-6-10-5-13(18(19)20)14(16-7-10)17-8-12-4-9-1-2-11(12)3-9/h5,7,9,11-12H,1-4,8H2,(H,16,17). The molecule has 0 aromatic carbocycles. The lowest BCUT2D eigenvalue weighted by Crippen LogP contribution is -2.21. The van der Waals surface area contributed by atoms with E-state index in [1.807, 2.05) is 6.07 Å². The van der Waals surface area contributed by atoms with Crippen LogP contribution in [0.1, 0.15) is 31.2 Å². The molecule has 1 N–H and O–H groups in total. The van der Waals surface area contributed by atoms with Crippen LogP contribution in [0.5, 0.6) is 0 Å². The van der Waals surface area contributed by atoms with E-state index in [-0.39, 0.29) is 17.1 Å². The Morgan fingerprint density at radius 2 is 2.35 bits per heavy atom. The molecule has 2 saturated carbocycles. The minimum absolute atomic E-state index is 0.118. The van der Waals surface area contributed by atoms with Gasteiger partial charge in [0, 0.05) is 18.8 Å². The fourth-order valence-corrected chi connectivity index (χ4v) is 3.64. The summed E-state index contributed by atoms with van der Waals surface area (Å²) in [6.07, 6.45) is 6.55. The van der Waals surface area contributed by atoms with Crippen LogP contribution >= 0.6 is 0 Å². The van der Waals surface area contributed by atoms with E-state index in [4.69, 9.17) is 5.26 Å². The molecule has 104 valence electrons. The Labute approximate surface area is 117 Å². The highest BCUT2D eigenvalue weighted by Crippen LogP contribution is 2.48. The van der Waals surface area contributed by atoms with Crippen LogP contribution in [-0.4, -0.2) is 16.5 Å². The minimum atomic E-state index is -0.489. The SMILES string of the molecule is N#Cc1cnc(NCC2CC3CCC2C3)c([N+](=O)[O-])c1. The number of aromatic nitrogens is 1. The van der Waals surface area contributed by atoms with Gasteiger partial charge in [-0.25, -0.2) is 4.98 Å². The van der Waals surface area contributed by atoms with Crippen molar-refractivity contribution >= 4 is 11.5 Å². The third-order valence-electron chi connectivity index (χ3n) is 4.61. The molecule has 2 fully saturated rings. The maximum Gasteiger partial charge on any atom is 0.312 e. The number of nitrogens with zero attached hydrogens (tertiary/aromatic N) is 3. The maximum absolute atomic E-state index is 11.0. The second-order valence-electron chi connectivity index (χ2n) is 5.78. The van der Waals surface area contributed by atoms with E-state index in [2.05, 4.69) is 10.3 Å². The van der Waals surface area contributed by atoms with Crippen molar-refractivity contribution in [1.82, 2.24) is 4.98 Å². The van der Waals surface area contributed by atoms with Crippen LogP contribution < -0.4 is 5.32 Å². The third-order valence-corrected chi connectivity index (χ3v) is 4.61. The lowest BCUT2D eigenvalue weighted by atomic mass is 9.89. The van der Waals surface area contributed by atoms with E-state index in [0.717, 1.165) is 18.4 Å². The molecule has 2 bridgehead atoms. The van der Waals surface area contributed by atoms with Gasteiger partial charge in [-0.05, 0) is 37.0 Å². The Morgan fingerprint density at radius 3 is 2.95 bits per heavy atom. The summed E-state index contributed by atoms with van der Waals surface area (Å²) < 4.78 is 0. The normalized spacial score (nSPS) is 27.2. The molecular formula is C14H16N4O2. The fraction of sp³-hybridized carbons (Fsp3) is 0.571. The Balaban J connectivity index is 1.71. The summed E-state index contributed by atoms with van der Waals surface area (Å²) in [5.41, 5.74) is 0.0920. The smallest absolute Gasteiger partial charge is 0.312 e. The summed E-state index contributed by atoms with van der Waals surface area (Å²) >= 11 is 0. The number of hydrogen-bond acceptors (Lipinski definition) is 5. The van der Waals surface area contributed by atoms with Crippen molar-refractivity contribution in [1.29, 1.82) is 5.26 Å². The Kier molecular flexibility index (Phi) is 3.26. The summed E-state index contributed by atoms with van der Waals surface area (Å²) in [6.45, 7) is 0.737. The molecule has 0 amide bonds. The molecule has 3 unspecified atom stereocenters. The lowest BCUT2D eigenvalue weighted by molar-refractivity contribution is -0.384. The molecule has 2 aliphatic carbocycles. The summed E-state index contributed by atoms with van der Waals surface area (Å²) in [7, 11) is 0. The van der Waals surface area contributed by atoms with Gasteiger partial charge in [-0.3, -0.25) is 10.1 Å². The largest absolute Gasteiger partial charge is 0.364 e. The molecule has 6 nitrogen and oxygen atoms in total. The topological polar surface area (TPSA) is 91.8 Å². The Hall–Kier alpha value is -2.16. The molecule has 6 heteroatoms. The summed E-state index contributed by atoms with van der Waals surface area (Å²) in [5.74, 6) is 2.50. The number of pyridine rings is 1. The first-order valence-electron chi connectivity index (χ1n) is 6.95.